The molecule has 6 heteroatoms. The molecule has 1 saturated heterocycles. The minimum Gasteiger partial charge on any atom is -0.378 e. The van der Waals surface area contributed by atoms with Crippen LogP contribution in [0.5, 0.6) is 0 Å². The number of carbonyl (C=O) groups is 1. The lowest BCUT2D eigenvalue weighted by Gasteiger charge is -2.29. The van der Waals surface area contributed by atoms with Gasteiger partial charge in [0.1, 0.15) is 5.82 Å². The first-order valence-electron chi connectivity index (χ1n) is 7.59. The van der Waals surface area contributed by atoms with Gasteiger partial charge < -0.3 is 15.0 Å². The molecule has 0 atom stereocenters. The fourth-order valence-corrected chi connectivity index (χ4v) is 3.03. The van der Waals surface area contributed by atoms with Gasteiger partial charge in [0.25, 0.3) is 0 Å². The molecule has 0 radical (unpaired) electrons. The molecule has 0 saturated carbocycles. The molecule has 1 fully saturated rings. The van der Waals surface area contributed by atoms with Crippen molar-refractivity contribution < 1.29 is 9.53 Å². The van der Waals surface area contributed by atoms with Gasteiger partial charge in [0.15, 0.2) is 0 Å². The van der Waals surface area contributed by atoms with Gasteiger partial charge in [-0.3, -0.25) is 4.79 Å². The lowest BCUT2D eigenvalue weighted by atomic mass is 10.2. The summed E-state index contributed by atoms with van der Waals surface area (Å²) in [5, 5.41) is 4.91. The summed E-state index contributed by atoms with van der Waals surface area (Å²) in [5.74, 6) is 0.827. The number of pyridine rings is 1. The standard InChI is InChI=1S/C17H19N3O2S/c21-16(6-5-15-4-2-12-23-15)19-13-14-3-1-7-18-17(14)20-8-10-22-11-9-20/h1-7,12H,8-11,13H2,(H,19,21). The van der Waals surface area contributed by atoms with Crippen LogP contribution in [0.2, 0.25) is 0 Å². The Morgan fingerprint density at radius 3 is 3.00 bits per heavy atom. The highest BCUT2D eigenvalue weighted by Gasteiger charge is 2.15. The van der Waals surface area contributed by atoms with Crippen molar-refractivity contribution in [3.8, 4) is 0 Å². The third-order valence-corrected chi connectivity index (χ3v) is 4.41. The van der Waals surface area contributed by atoms with Gasteiger partial charge in [-0.15, -0.1) is 11.3 Å². The number of anilines is 1. The molecule has 0 unspecified atom stereocenters. The van der Waals surface area contributed by atoms with Gasteiger partial charge in [0.05, 0.1) is 13.2 Å². The molecule has 0 aromatic carbocycles. The highest BCUT2D eigenvalue weighted by Crippen LogP contribution is 2.18. The molecule has 3 heterocycles. The zero-order valence-corrected chi connectivity index (χ0v) is 13.6. The Balaban J connectivity index is 1.60. The number of nitrogens with one attached hydrogen (secondary N) is 1. The second-order valence-electron chi connectivity index (χ2n) is 5.15. The van der Waals surface area contributed by atoms with Crippen LogP contribution in [0.25, 0.3) is 6.08 Å². The van der Waals surface area contributed by atoms with Crippen molar-refractivity contribution in [3.05, 3.63) is 52.4 Å². The average molecular weight is 329 g/mol. The fraction of sp³-hybridized carbons (Fsp3) is 0.294. The Bertz CT molecular complexity index is 664. The number of hydrogen-bond donors (Lipinski definition) is 1. The van der Waals surface area contributed by atoms with E-state index in [2.05, 4.69) is 15.2 Å². The number of thiophene rings is 1. The van der Waals surface area contributed by atoms with Crippen molar-refractivity contribution in [2.45, 2.75) is 6.54 Å². The SMILES string of the molecule is O=C(C=Cc1cccs1)NCc1cccnc1N1CCOCC1. The van der Waals surface area contributed by atoms with Crippen LogP contribution in [0, 0.1) is 0 Å². The lowest BCUT2D eigenvalue weighted by Crippen LogP contribution is -2.37. The van der Waals surface area contributed by atoms with Crippen molar-refractivity contribution in [2.24, 2.45) is 0 Å². The van der Waals surface area contributed by atoms with Gasteiger partial charge in [-0.2, -0.15) is 0 Å². The van der Waals surface area contributed by atoms with Crippen molar-refractivity contribution in [2.75, 3.05) is 31.2 Å². The summed E-state index contributed by atoms with van der Waals surface area (Å²) < 4.78 is 5.38. The number of carbonyl (C=O) groups excluding carboxylic acids is 1. The Labute approximate surface area is 139 Å². The summed E-state index contributed by atoms with van der Waals surface area (Å²) in [7, 11) is 0. The van der Waals surface area contributed by atoms with E-state index in [1.54, 1.807) is 23.6 Å². The van der Waals surface area contributed by atoms with Crippen LogP contribution in [-0.2, 0) is 16.1 Å². The molecule has 3 rings (SSSR count). The third kappa shape index (κ3) is 4.40. The molecule has 23 heavy (non-hydrogen) atoms. The Kier molecular flexibility index (Phi) is 5.39. The van der Waals surface area contributed by atoms with E-state index in [1.807, 2.05) is 35.7 Å². The third-order valence-electron chi connectivity index (χ3n) is 3.57. The van der Waals surface area contributed by atoms with E-state index in [0.717, 1.165) is 29.3 Å². The van der Waals surface area contributed by atoms with Crippen LogP contribution in [0.15, 0.2) is 41.9 Å². The van der Waals surface area contributed by atoms with Crippen LogP contribution in [0.1, 0.15) is 10.4 Å². The molecular weight excluding hydrogens is 310 g/mol. The van der Waals surface area contributed by atoms with Gasteiger partial charge >= 0.3 is 0 Å². The average Bonchev–Trinajstić information content (AvgIpc) is 3.13. The summed E-state index contributed by atoms with van der Waals surface area (Å²) in [5.41, 5.74) is 1.02. The predicted molar refractivity (Wildman–Crippen MR) is 92.5 cm³/mol. The number of amides is 1. The Hall–Kier alpha value is -2.18. The van der Waals surface area contributed by atoms with Crippen LogP contribution < -0.4 is 10.2 Å². The van der Waals surface area contributed by atoms with Crippen LogP contribution in [0.4, 0.5) is 5.82 Å². The van der Waals surface area contributed by atoms with E-state index in [1.165, 1.54) is 0 Å². The summed E-state index contributed by atoms with van der Waals surface area (Å²) in [6, 6.07) is 7.84. The van der Waals surface area contributed by atoms with Crippen molar-refractivity contribution in [1.29, 1.82) is 0 Å². The first-order chi connectivity index (χ1) is 11.3. The molecule has 0 spiro atoms. The molecule has 120 valence electrons. The number of nitrogens with zero attached hydrogens (tertiary/aromatic N) is 2. The van der Waals surface area contributed by atoms with E-state index in [0.29, 0.717) is 19.8 Å². The first kappa shape index (κ1) is 15.7. The highest BCUT2D eigenvalue weighted by atomic mass is 32.1. The second kappa shape index (κ2) is 7.89. The van der Waals surface area contributed by atoms with E-state index < -0.39 is 0 Å². The normalized spacial score (nSPS) is 15.0. The summed E-state index contributed by atoms with van der Waals surface area (Å²) >= 11 is 1.61. The number of hydrogen-bond acceptors (Lipinski definition) is 5. The summed E-state index contributed by atoms with van der Waals surface area (Å²) in [6.45, 7) is 3.55. The fourth-order valence-electron chi connectivity index (χ4n) is 2.41. The maximum Gasteiger partial charge on any atom is 0.244 e. The second-order valence-corrected chi connectivity index (χ2v) is 6.13. The molecule has 2 aromatic rings. The minimum absolute atomic E-state index is 0.102. The number of rotatable bonds is 5. The monoisotopic (exact) mass is 329 g/mol. The molecule has 0 bridgehead atoms. The number of morpholine rings is 1. The molecule has 1 aliphatic heterocycles. The van der Waals surface area contributed by atoms with Crippen molar-refractivity contribution in [1.82, 2.24) is 10.3 Å². The largest absolute Gasteiger partial charge is 0.378 e. The molecular formula is C17H19N3O2S. The zero-order chi connectivity index (χ0) is 15.9. The quantitative estimate of drug-likeness (QED) is 0.855. The first-order valence-corrected chi connectivity index (χ1v) is 8.47. The van der Waals surface area contributed by atoms with E-state index in [4.69, 9.17) is 4.74 Å². The molecule has 0 aliphatic carbocycles. The smallest absolute Gasteiger partial charge is 0.244 e. The molecule has 1 amide bonds. The summed E-state index contributed by atoms with van der Waals surface area (Å²) in [4.78, 5) is 19.7. The van der Waals surface area contributed by atoms with Crippen molar-refractivity contribution in [3.63, 3.8) is 0 Å². The van der Waals surface area contributed by atoms with Gasteiger partial charge in [-0.05, 0) is 23.6 Å². The minimum atomic E-state index is -0.102. The Morgan fingerprint density at radius 2 is 2.22 bits per heavy atom. The molecule has 2 aromatic heterocycles. The highest BCUT2D eigenvalue weighted by molar-refractivity contribution is 7.10. The molecule has 5 nitrogen and oxygen atoms in total. The summed E-state index contributed by atoms with van der Waals surface area (Å²) in [6.07, 6.45) is 5.18. The molecule has 1 N–H and O–H groups in total. The number of aromatic nitrogens is 1. The predicted octanol–water partition coefficient (Wildman–Crippen LogP) is 2.31. The van der Waals surface area contributed by atoms with Gasteiger partial charge in [0.2, 0.25) is 5.91 Å². The van der Waals surface area contributed by atoms with E-state index in [-0.39, 0.29) is 5.91 Å². The lowest BCUT2D eigenvalue weighted by molar-refractivity contribution is -0.116. The van der Waals surface area contributed by atoms with E-state index >= 15 is 0 Å². The van der Waals surface area contributed by atoms with E-state index in [9.17, 15) is 4.79 Å². The Morgan fingerprint density at radius 1 is 1.35 bits per heavy atom. The molecule has 1 aliphatic rings. The van der Waals surface area contributed by atoms with Gasteiger partial charge in [-0.1, -0.05) is 12.1 Å². The maximum absolute atomic E-state index is 12.0. The maximum atomic E-state index is 12.0. The van der Waals surface area contributed by atoms with Crippen LogP contribution >= 0.6 is 11.3 Å². The van der Waals surface area contributed by atoms with Crippen LogP contribution in [0.3, 0.4) is 0 Å². The topological polar surface area (TPSA) is 54.5 Å². The zero-order valence-electron chi connectivity index (χ0n) is 12.8. The van der Waals surface area contributed by atoms with Gasteiger partial charge in [0, 0.05) is 42.3 Å². The van der Waals surface area contributed by atoms with Gasteiger partial charge in [-0.25, -0.2) is 4.98 Å². The van der Waals surface area contributed by atoms with Crippen molar-refractivity contribution >= 4 is 29.1 Å². The van der Waals surface area contributed by atoms with Crippen LogP contribution in [-0.4, -0.2) is 37.2 Å². The number of ether oxygens (including phenoxy) is 1.